The molecule has 1 heterocycles. The van der Waals surface area contributed by atoms with Crippen molar-refractivity contribution >= 4 is 0 Å². The van der Waals surface area contributed by atoms with Crippen LogP contribution in [0.4, 0.5) is 0 Å². The van der Waals surface area contributed by atoms with Gasteiger partial charge in [-0.2, -0.15) is 0 Å². The van der Waals surface area contributed by atoms with Crippen molar-refractivity contribution in [2.75, 3.05) is 7.05 Å². The highest BCUT2D eigenvalue weighted by molar-refractivity contribution is 5.38. The van der Waals surface area contributed by atoms with Crippen LogP contribution < -0.4 is 5.32 Å². The molecule has 0 bridgehead atoms. The van der Waals surface area contributed by atoms with Gasteiger partial charge in [0.25, 0.3) is 0 Å². The van der Waals surface area contributed by atoms with Crippen molar-refractivity contribution < 1.29 is 0 Å². The molecular formula is C11H14N4. The summed E-state index contributed by atoms with van der Waals surface area (Å²) >= 11 is 0. The molecule has 0 unspecified atom stereocenters. The van der Waals surface area contributed by atoms with Crippen LogP contribution in [0.1, 0.15) is 11.3 Å². The van der Waals surface area contributed by atoms with Crippen LogP contribution >= 0.6 is 0 Å². The molecule has 0 saturated heterocycles. The molecule has 0 fully saturated rings. The van der Waals surface area contributed by atoms with Crippen molar-refractivity contribution in [3.05, 3.63) is 41.7 Å². The summed E-state index contributed by atoms with van der Waals surface area (Å²) < 4.78 is 1.81. The van der Waals surface area contributed by atoms with Crippen molar-refractivity contribution in [2.45, 2.75) is 13.5 Å². The minimum atomic E-state index is 0.742. The van der Waals surface area contributed by atoms with E-state index in [1.165, 1.54) is 5.56 Å². The minimum absolute atomic E-state index is 0.742. The molecule has 0 aliphatic rings. The Morgan fingerprint density at radius 2 is 2.13 bits per heavy atom. The van der Waals surface area contributed by atoms with Gasteiger partial charge in [-0.15, -0.1) is 5.10 Å². The third-order valence-electron chi connectivity index (χ3n) is 2.26. The minimum Gasteiger partial charge on any atom is -0.314 e. The second-order valence-corrected chi connectivity index (χ2v) is 3.47. The van der Waals surface area contributed by atoms with Crippen LogP contribution in [-0.4, -0.2) is 22.0 Å². The van der Waals surface area contributed by atoms with E-state index in [2.05, 4.69) is 28.6 Å². The molecule has 1 aromatic heterocycles. The summed E-state index contributed by atoms with van der Waals surface area (Å²) in [6.45, 7) is 2.81. The molecule has 4 nitrogen and oxygen atoms in total. The Morgan fingerprint density at radius 1 is 1.33 bits per heavy atom. The lowest BCUT2D eigenvalue weighted by atomic mass is 10.2. The lowest BCUT2D eigenvalue weighted by molar-refractivity contribution is 0.765. The lowest BCUT2D eigenvalue weighted by Crippen LogP contribution is -2.05. The second-order valence-electron chi connectivity index (χ2n) is 3.47. The highest BCUT2D eigenvalue weighted by atomic mass is 15.4. The Kier molecular flexibility index (Phi) is 2.78. The van der Waals surface area contributed by atoms with Crippen molar-refractivity contribution in [3.63, 3.8) is 0 Å². The molecule has 1 aromatic carbocycles. The topological polar surface area (TPSA) is 42.7 Å². The molecule has 78 valence electrons. The SMILES string of the molecule is CNCc1cn(-c2ccccc2C)nn1. The number of rotatable bonds is 3. The van der Waals surface area contributed by atoms with E-state index >= 15 is 0 Å². The largest absolute Gasteiger partial charge is 0.314 e. The normalized spacial score (nSPS) is 10.5. The lowest BCUT2D eigenvalue weighted by Gasteiger charge is -2.02. The summed E-state index contributed by atoms with van der Waals surface area (Å²) in [5.74, 6) is 0. The Balaban J connectivity index is 2.33. The summed E-state index contributed by atoms with van der Waals surface area (Å²) in [7, 11) is 1.90. The van der Waals surface area contributed by atoms with E-state index in [4.69, 9.17) is 0 Å². The van der Waals surface area contributed by atoms with Crippen LogP contribution in [0.2, 0.25) is 0 Å². The number of aromatic nitrogens is 3. The summed E-state index contributed by atoms with van der Waals surface area (Å²) in [5, 5.41) is 11.2. The van der Waals surface area contributed by atoms with Crippen LogP contribution in [-0.2, 0) is 6.54 Å². The standard InChI is InChI=1S/C11H14N4/c1-9-5-3-4-6-11(9)15-8-10(7-12-2)13-14-15/h3-6,8,12H,7H2,1-2H3. The number of nitrogens with one attached hydrogen (secondary N) is 1. The number of benzene rings is 1. The smallest absolute Gasteiger partial charge is 0.0969 e. The molecule has 0 radical (unpaired) electrons. The first-order valence-corrected chi connectivity index (χ1v) is 4.93. The van der Waals surface area contributed by atoms with Crippen LogP contribution in [0.3, 0.4) is 0 Å². The zero-order valence-corrected chi connectivity index (χ0v) is 8.94. The zero-order chi connectivity index (χ0) is 10.7. The number of para-hydroxylation sites is 1. The van der Waals surface area contributed by atoms with Crippen LogP contribution in [0, 0.1) is 6.92 Å². The zero-order valence-electron chi connectivity index (χ0n) is 8.94. The highest BCUT2D eigenvalue weighted by Gasteiger charge is 2.03. The monoisotopic (exact) mass is 202 g/mol. The number of hydrogen-bond acceptors (Lipinski definition) is 3. The fourth-order valence-electron chi connectivity index (χ4n) is 1.50. The van der Waals surface area contributed by atoms with Crippen molar-refractivity contribution in [1.82, 2.24) is 20.3 Å². The molecule has 4 heteroatoms. The third-order valence-corrected chi connectivity index (χ3v) is 2.26. The molecule has 2 rings (SSSR count). The van der Waals surface area contributed by atoms with Gasteiger partial charge in [0.05, 0.1) is 17.6 Å². The molecule has 0 aliphatic heterocycles. The van der Waals surface area contributed by atoms with Gasteiger partial charge in [-0.3, -0.25) is 0 Å². The average Bonchev–Trinajstić information content (AvgIpc) is 2.68. The Bertz CT molecular complexity index is 447. The fourth-order valence-corrected chi connectivity index (χ4v) is 1.50. The van der Waals surface area contributed by atoms with Gasteiger partial charge >= 0.3 is 0 Å². The van der Waals surface area contributed by atoms with Crippen LogP contribution in [0.5, 0.6) is 0 Å². The Labute approximate surface area is 88.9 Å². The molecule has 0 spiro atoms. The summed E-state index contributed by atoms with van der Waals surface area (Å²) in [5.41, 5.74) is 3.21. The van der Waals surface area contributed by atoms with Gasteiger partial charge in [0.2, 0.25) is 0 Å². The van der Waals surface area contributed by atoms with Crippen LogP contribution in [0.25, 0.3) is 5.69 Å². The van der Waals surface area contributed by atoms with E-state index in [-0.39, 0.29) is 0 Å². The number of aryl methyl sites for hydroxylation is 1. The fraction of sp³-hybridized carbons (Fsp3) is 0.273. The first-order chi connectivity index (χ1) is 7.31. The molecule has 0 amide bonds. The molecule has 0 aliphatic carbocycles. The summed E-state index contributed by atoms with van der Waals surface area (Å²) in [4.78, 5) is 0. The third kappa shape index (κ3) is 2.05. The van der Waals surface area contributed by atoms with Crippen LogP contribution in [0.15, 0.2) is 30.5 Å². The number of nitrogens with zero attached hydrogens (tertiary/aromatic N) is 3. The van der Waals surface area contributed by atoms with Crippen molar-refractivity contribution in [3.8, 4) is 5.69 Å². The maximum Gasteiger partial charge on any atom is 0.0969 e. The van der Waals surface area contributed by atoms with Crippen molar-refractivity contribution in [1.29, 1.82) is 0 Å². The first-order valence-electron chi connectivity index (χ1n) is 4.93. The van der Waals surface area contributed by atoms with E-state index in [1.807, 2.05) is 36.1 Å². The van der Waals surface area contributed by atoms with E-state index in [9.17, 15) is 0 Å². The van der Waals surface area contributed by atoms with Gasteiger partial charge in [-0.05, 0) is 25.6 Å². The van der Waals surface area contributed by atoms with Gasteiger partial charge in [0.1, 0.15) is 0 Å². The molecule has 0 saturated carbocycles. The van der Waals surface area contributed by atoms with Gasteiger partial charge in [-0.25, -0.2) is 4.68 Å². The molecular weight excluding hydrogens is 188 g/mol. The highest BCUT2D eigenvalue weighted by Crippen LogP contribution is 2.11. The quantitative estimate of drug-likeness (QED) is 0.815. The molecule has 2 aromatic rings. The summed E-state index contributed by atoms with van der Waals surface area (Å²) in [6.07, 6.45) is 1.94. The van der Waals surface area contributed by atoms with Gasteiger partial charge < -0.3 is 5.32 Å². The molecule has 0 atom stereocenters. The van der Waals surface area contributed by atoms with Gasteiger partial charge in [-0.1, -0.05) is 23.4 Å². The number of hydrogen-bond donors (Lipinski definition) is 1. The van der Waals surface area contributed by atoms with Crippen molar-refractivity contribution in [2.24, 2.45) is 0 Å². The maximum atomic E-state index is 4.09. The Hall–Kier alpha value is -1.68. The Morgan fingerprint density at radius 3 is 2.87 bits per heavy atom. The van der Waals surface area contributed by atoms with E-state index in [1.54, 1.807) is 0 Å². The van der Waals surface area contributed by atoms with E-state index in [0.29, 0.717) is 0 Å². The second kappa shape index (κ2) is 4.23. The average molecular weight is 202 g/mol. The van der Waals surface area contributed by atoms with E-state index in [0.717, 1.165) is 17.9 Å². The van der Waals surface area contributed by atoms with E-state index < -0.39 is 0 Å². The van der Waals surface area contributed by atoms with Gasteiger partial charge in [0, 0.05) is 6.54 Å². The first kappa shape index (κ1) is 9.86. The summed E-state index contributed by atoms with van der Waals surface area (Å²) in [6, 6.07) is 8.12. The predicted molar refractivity (Wildman–Crippen MR) is 58.9 cm³/mol. The van der Waals surface area contributed by atoms with Gasteiger partial charge in [0.15, 0.2) is 0 Å². The molecule has 15 heavy (non-hydrogen) atoms. The maximum absolute atomic E-state index is 4.09. The molecule has 1 N–H and O–H groups in total. The predicted octanol–water partition coefficient (Wildman–Crippen LogP) is 1.30.